The van der Waals surface area contributed by atoms with Gasteiger partial charge in [-0.15, -0.1) is 0 Å². The summed E-state index contributed by atoms with van der Waals surface area (Å²) in [6.45, 7) is 5.14. The fourth-order valence-electron chi connectivity index (χ4n) is 3.27. The van der Waals surface area contributed by atoms with E-state index < -0.39 is 0 Å². The van der Waals surface area contributed by atoms with Crippen molar-refractivity contribution in [2.24, 2.45) is 5.92 Å². The number of carbonyl (C=O) groups excluding carboxylic acids is 1. The Hall–Kier alpha value is -0.770. The molecule has 1 amide bonds. The Morgan fingerprint density at radius 3 is 2.78 bits per heavy atom. The molecule has 0 aromatic heterocycles. The Labute approximate surface area is 110 Å². The quantitative estimate of drug-likeness (QED) is 0.822. The highest BCUT2D eigenvalue weighted by molar-refractivity contribution is 5.68. The smallest absolute Gasteiger partial charge is 0.410 e. The summed E-state index contributed by atoms with van der Waals surface area (Å²) in [4.78, 5) is 14.1. The van der Waals surface area contributed by atoms with Crippen LogP contribution < -0.4 is 5.32 Å². The Morgan fingerprint density at radius 1 is 1.28 bits per heavy atom. The summed E-state index contributed by atoms with van der Waals surface area (Å²) in [7, 11) is 0. The molecule has 1 saturated heterocycles. The average Bonchev–Trinajstić information content (AvgIpc) is 2.65. The minimum atomic E-state index is -0.114. The highest BCUT2D eigenvalue weighted by atomic mass is 16.6. The standard InChI is InChI=1S/C14H26N2O2/c1-2-18-14(17)16-10-6-9-15-11-13(16)12-7-4-3-5-8-12/h12-13,15H,2-11H2,1H3. The van der Waals surface area contributed by atoms with E-state index in [4.69, 9.17) is 4.74 Å². The highest BCUT2D eigenvalue weighted by Crippen LogP contribution is 2.29. The van der Waals surface area contributed by atoms with Gasteiger partial charge in [0.1, 0.15) is 0 Å². The normalized spacial score (nSPS) is 26.7. The molecule has 0 bridgehead atoms. The van der Waals surface area contributed by atoms with Gasteiger partial charge in [0, 0.05) is 13.1 Å². The van der Waals surface area contributed by atoms with Gasteiger partial charge in [-0.1, -0.05) is 19.3 Å². The third kappa shape index (κ3) is 3.37. The number of nitrogens with zero attached hydrogens (tertiary/aromatic N) is 1. The van der Waals surface area contributed by atoms with Gasteiger partial charge in [-0.25, -0.2) is 4.79 Å². The Bertz CT molecular complexity index is 265. The largest absolute Gasteiger partial charge is 0.450 e. The maximum absolute atomic E-state index is 12.1. The van der Waals surface area contributed by atoms with Gasteiger partial charge in [-0.3, -0.25) is 0 Å². The van der Waals surface area contributed by atoms with E-state index >= 15 is 0 Å². The number of hydrogen-bond donors (Lipinski definition) is 1. The van der Waals surface area contributed by atoms with Crippen LogP contribution in [-0.4, -0.2) is 43.3 Å². The summed E-state index contributed by atoms with van der Waals surface area (Å²) in [6, 6.07) is 0.340. The number of hydrogen-bond acceptors (Lipinski definition) is 3. The molecule has 2 rings (SSSR count). The SMILES string of the molecule is CCOC(=O)N1CCCNCC1C1CCCCC1. The molecular weight excluding hydrogens is 228 g/mol. The van der Waals surface area contributed by atoms with Gasteiger partial charge in [-0.05, 0) is 38.6 Å². The maximum Gasteiger partial charge on any atom is 0.410 e. The molecule has 1 atom stereocenters. The molecule has 18 heavy (non-hydrogen) atoms. The second kappa shape index (κ2) is 6.98. The van der Waals surface area contributed by atoms with Crippen LogP contribution in [0.5, 0.6) is 0 Å². The van der Waals surface area contributed by atoms with E-state index in [0.717, 1.165) is 26.1 Å². The molecule has 4 nitrogen and oxygen atoms in total. The Morgan fingerprint density at radius 2 is 2.06 bits per heavy atom. The number of rotatable bonds is 2. The molecule has 2 aliphatic rings. The van der Waals surface area contributed by atoms with Crippen molar-refractivity contribution < 1.29 is 9.53 Å². The molecule has 1 aliphatic carbocycles. The minimum absolute atomic E-state index is 0.114. The lowest BCUT2D eigenvalue weighted by Crippen LogP contribution is -2.48. The van der Waals surface area contributed by atoms with Gasteiger partial charge < -0.3 is 15.0 Å². The summed E-state index contributed by atoms with van der Waals surface area (Å²) >= 11 is 0. The third-order valence-electron chi connectivity index (χ3n) is 4.20. The van der Waals surface area contributed by atoms with Crippen molar-refractivity contribution in [3.05, 3.63) is 0 Å². The molecule has 2 fully saturated rings. The van der Waals surface area contributed by atoms with Crippen molar-refractivity contribution in [1.29, 1.82) is 0 Å². The fourth-order valence-corrected chi connectivity index (χ4v) is 3.27. The Balaban J connectivity index is 2.03. The lowest BCUT2D eigenvalue weighted by molar-refractivity contribution is 0.0725. The molecule has 104 valence electrons. The number of amides is 1. The van der Waals surface area contributed by atoms with Crippen LogP contribution in [0.4, 0.5) is 4.79 Å². The summed E-state index contributed by atoms with van der Waals surface area (Å²) < 4.78 is 5.22. The van der Waals surface area contributed by atoms with Gasteiger partial charge in [-0.2, -0.15) is 0 Å². The second-order valence-electron chi connectivity index (χ2n) is 5.42. The summed E-state index contributed by atoms with van der Waals surface area (Å²) in [5.41, 5.74) is 0. The summed E-state index contributed by atoms with van der Waals surface area (Å²) in [5, 5.41) is 3.47. The van der Waals surface area contributed by atoms with Crippen LogP contribution in [0, 0.1) is 5.92 Å². The van der Waals surface area contributed by atoms with Crippen LogP contribution >= 0.6 is 0 Å². The molecule has 0 aromatic rings. The van der Waals surface area contributed by atoms with Crippen molar-refractivity contribution in [3.8, 4) is 0 Å². The molecule has 1 N–H and O–H groups in total. The first kappa shape index (κ1) is 13.7. The molecule has 1 heterocycles. The van der Waals surface area contributed by atoms with E-state index in [9.17, 15) is 4.79 Å². The van der Waals surface area contributed by atoms with Crippen LogP contribution in [0.1, 0.15) is 45.4 Å². The zero-order valence-electron chi connectivity index (χ0n) is 11.5. The van der Waals surface area contributed by atoms with E-state index in [-0.39, 0.29) is 6.09 Å². The zero-order valence-corrected chi connectivity index (χ0v) is 11.5. The topological polar surface area (TPSA) is 41.6 Å². The van der Waals surface area contributed by atoms with E-state index in [1.807, 2.05) is 11.8 Å². The zero-order chi connectivity index (χ0) is 12.8. The molecule has 1 aliphatic heterocycles. The van der Waals surface area contributed by atoms with Crippen LogP contribution in [-0.2, 0) is 4.74 Å². The van der Waals surface area contributed by atoms with Crippen molar-refractivity contribution >= 4 is 6.09 Å². The fraction of sp³-hybridized carbons (Fsp3) is 0.929. The predicted molar refractivity (Wildman–Crippen MR) is 71.6 cm³/mol. The third-order valence-corrected chi connectivity index (χ3v) is 4.20. The van der Waals surface area contributed by atoms with E-state index in [1.54, 1.807) is 0 Å². The lowest BCUT2D eigenvalue weighted by Gasteiger charge is -2.36. The van der Waals surface area contributed by atoms with Crippen LogP contribution in [0.3, 0.4) is 0 Å². The summed E-state index contributed by atoms with van der Waals surface area (Å²) in [6.07, 6.45) is 7.44. The van der Waals surface area contributed by atoms with Gasteiger partial charge in [0.05, 0.1) is 12.6 Å². The van der Waals surface area contributed by atoms with Crippen LogP contribution in [0.25, 0.3) is 0 Å². The van der Waals surface area contributed by atoms with Gasteiger partial charge in [0.2, 0.25) is 0 Å². The first-order valence-electron chi connectivity index (χ1n) is 7.47. The minimum Gasteiger partial charge on any atom is -0.450 e. The summed E-state index contributed by atoms with van der Waals surface area (Å²) in [5.74, 6) is 0.661. The number of nitrogens with one attached hydrogen (secondary N) is 1. The molecule has 1 unspecified atom stereocenters. The van der Waals surface area contributed by atoms with Gasteiger partial charge >= 0.3 is 6.09 Å². The van der Waals surface area contributed by atoms with Gasteiger partial charge in [0.25, 0.3) is 0 Å². The molecule has 0 radical (unpaired) electrons. The average molecular weight is 254 g/mol. The highest BCUT2D eigenvalue weighted by Gasteiger charge is 2.33. The van der Waals surface area contributed by atoms with E-state index in [0.29, 0.717) is 18.6 Å². The number of ether oxygens (including phenoxy) is 1. The molecule has 0 spiro atoms. The predicted octanol–water partition coefficient (Wildman–Crippen LogP) is 2.39. The molecule has 0 aromatic carbocycles. The van der Waals surface area contributed by atoms with Crippen molar-refractivity contribution in [2.75, 3.05) is 26.2 Å². The van der Waals surface area contributed by atoms with Crippen molar-refractivity contribution in [1.82, 2.24) is 10.2 Å². The first-order valence-corrected chi connectivity index (χ1v) is 7.47. The molecule has 1 saturated carbocycles. The Kier molecular flexibility index (Phi) is 5.29. The van der Waals surface area contributed by atoms with Gasteiger partial charge in [0.15, 0.2) is 0 Å². The second-order valence-corrected chi connectivity index (χ2v) is 5.42. The maximum atomic E-state index is 12.1. The van der Waals surface area contributed by atoms with Crippen molar-refractivity contribution in [2.45, 2.75) is 51.5 Å². The number of carbonyl (C=O) groups is 1. The monoisotopic (exact) mass is 254 g/mol. The lowest BCUT2D eigenvalue weighted by atomic mass is 9.83. The van der Waals surface area contributed by atoms with Crippen LogP contribution in [0.2, 0.25) is 0 Å². The molecular formula is C14H26N2O2. The van der Waals surface area contributed by atoms with E-state index in [2.05, 4.69) is 5.32 Å². The van der Waals surface area contributed by atoms with E-state index in [1.165, 1.54) is 32.1 Å². The molecule has 4 heteroatoms. The van der Waals surface area contributed by atoms with Crippen LogP contribution in [0.15, 0.2) is 0 Å². The van der Waals surface area contributed by atoms with Crippen molar-refractivity contribution in [3.63, 3.8) is 0 Å². The first-order chi connectivity index (χ1) is 8.83.